The maximum atomic E-state index is 10.1. The Kier molecular flexibility index (Phi) is 2.39. The fourth-order valence-electron chi connectivity index (χ4n) is 2.16. The van der Waals surface area contributed by atoms with Crippen LogP contribution in [0.4, 0.5) is 0 Å². The molecule has 3 rings (SSSR count). The van der Waals surface area contributed by atoms with Gasteiger partial charge >= 0.3 is 0 Å². The van der Waals surface area contributed by atoms with Gasteiger partial charge in [-0.2, -0.15) is 0 Å². The van der Waals surface area contributed by atoms with Gasteiger partial charge in [-0.3, -0.25) is 0 Å². The molecule has 17 heavy (non-hydrogen) atoms. The Balaban J connectivity index is 2.29. The second-order valence-corrected chi connectivity index (χ2v) is 4.06. The summed E-state index contributed by atoms with van der Waals surface area (Å²) >= 11 is 0. The Morgan fingerprint density at radius 2 is 1.94 bits per heavy atom. The van der Waals surface area contributed by atoms with E-state index in [1.165, 1.54) is 0 Å². The van der Waals surface area contributed by atoms with Crippen LogP contribution in [0.25, 0.3) is 21.9 Å². The van der Waals surface area contributed by atoms with E-state index in [9.17, 15) is 5.11 Å². The Bertz CT molecular complexity index is 653. The molecule has 2 heterocycles. The van der Waals surface area contributed by atoms with Crippen molar-refractivity contribution >= 4 is 21.9 Å². The summed E-state index contributed by atoms with van der Waals surface area (Å²) in [4.78, 5) is 0. The highest BCUT2D eigenvalue weighted by Gasteiger charge is 2.16. The molecule has 4 heteroatoms. The molecule has 0 fully saturated rings. The number of benzene rings is 1. The van der Waals surface area contributed by atoms with Crippen molar-refractivity contribution in [2.75, 3.05) is 6.54 Å². The van der Waals surface area contributed by atoms with Gasteiger partial charge in [0.2, 0.25) is 0 Å². The minimum absolute atomic E-state index is 0.448. The molecule has 2 aromatic heterocycles. The molecule has 1 atom stereocenters. The lowest BCUT2D eigenvalue weighted by Crippen LogP contribution is -2.06. The Hall–Kier alpha value is -1.78. The third kappa shape index (κ3) is 1.53. The van der Waals surface area contributed by atoms with Crippen molar-refractivity contribution in [3.05, 3.63) is 36.3 Å². The maximum Gasteiger partial charge on any atom is 0.177 e. The van der Waals surface area contributed by atoms with Gasteiger partial charge in [-0.25, -0.2) is 0 Å². The van der Waals surface area contributed by atoms with Crippen molar-refractivity contribution in [3.63, 3.8) is 0 Å². The molecule has 88 valence electrons. The average Bonchev–Trinajstić information content (AvgIpc) is 2.95. The quantitative estimate of drug-likeness (QED) is 0.726. The molecule has 0 aliphatic heterocycles. The second kappa shape index (κ2) is 3.91. The highest BCUT2D eigenvalue weighted by molar-refractivity contribution is 6.02. The van der Waals surface area contributed by atoms with Gasteiger partial charge in [-0.15, -0.1) is 0 Å². The summed E-state index contributed by atoms with van der Waals surface area (Å²) in [5.41, 5.74) is 7.71. The average molecular weight is 231 g/mol. The first kappa shape index (κ1) is 10.4. The highest BCUT2D eigenvalue weighted by Crippen LogP contribution is 2.34. The number of aliphatic hydroxyl groups is 1. The van der Waals surface area contributed by atoms with Crippen LogP contribution in [-0.4, -0.2) is 11.7 Å². The van der Waals surface area contributed by atoms with E-state index in [1.54, 1.807) is 12.5 Å². The molecule has 0 saturated carbocycles. The molecule has 3 aromatic rings. The standard InChI is InChI=1S/C13H13NO3/c14-4-1-11(15)10-7-8-2-5-16-12(8)13-9(10)3-6-17-13/h2-3,5-7,11,15H,1,4,14H2. The molecule has 0 spiro atoms. The number of hydrogen-bond acceptors (Lipinski definition) is 4. The normalized spacial score (nSPS) is 13.5. The van der Waals surface area contributed by atoms with Gasteiger partial charge in [0.1, 0.15) is 0 Å². The van der Waals surface area contributed by atoms with Gasteiger partial charge in [0.15, 0.2) is 11.2 Å². The fourth-order valence-corrected chi connectivity index (χ4v) is 2.16. The Morgan fingerprint density at radius 1 is 1.18 bits per heavy atom. The second-order valence-electron chi connectivity index (χ2n) is 4.06. The molecule has 0 aliphatic carbocycles. The zero-order valence-electron chi connectivity index (χ0n) is 9.22. The monoisotopic (exact) mass is 231 g/mol. The molecule has 0 amide bonds. The maximum absolute atomic E-state index is 10.1. The predicted octanol–water partition coefficient (Wildman–Crippen LogP) is 2.56. The Labute approximate surface area is 97.6 Å². The van der Waals surface area contributed by atoms with Crippen molar-refractivity contribution in [1.29, 1.82) is 0 Å². The molecular formula is C13H13NO3. The van der Waals surface area contributed by atoms with E-state index >= 15 is 0 Å². The molecule has 0 bridgehead atoms. The largest absolute Gasteiger partial charge is 0.460 e. The van der Waals surface area contributed by atoms with Gasteiger partial charge in [0.25, 0.3) is 0 Å². The van der Waals surface area contributed by atoms with Crippen molar-refractivity contribution in [2.24, 2.45) is 5.73 Å². The van der Waals surface area contributed by atoms with Crippen molar-refractivity contribution < 1.29 is 13.9 Å². The zero-order valence-corrected chi connectivity index (χ0v) is 9.22. The van der Waals surface area contributed by atoms with Crippen LogP contribution in [0.5, 0.6) is 0 Å². The van der Waals surface area contributed by atoms with Gasteiger partial charge < -0.3 is 19.7 Å². The van der Waals surface area contributed by atoms with E-state index in [-0.39, 0.29) is 0 Å². The summed E-state index contributed by atoms with van der Waals surface area (Å²) in [7, 11) is 0. The number of fused-ring (bicyclic) bond motifs is 3. The van der Waals surface area contributed by atoms with Crippen molar-refractivity contribution in [3.8, 4) is 0 Å². The van der Waals surface area contributed by atoms with Crippen LogP contribution < -0.4 is 5.73 Å². The van der Waals surface area contributed by atoms with E-state index in [0.717, 1.165) is 16.3 Å². The van der Waals surface area contributed by atoms with E-state index in [4.69, 9.17) is 14.6 Å². The number of hydrogen-bond donors (Lipinski definition) is 2. The zero-order chi connectivity index (χ0) is 11.8. The molecule has 0 aliphatic rings. The molecule has 4 nitrogen and oxygen atoms in total. The SMILES string of the molecule is NCCC(O)c1cc2ccoc2c2occc12. The Morgan fingerprint density at radius 3 is 2.76 bits per heavy atom. The van der Waals surface area contributed by atoms with Crippen LogP contribution in [0.1, 0.15) is 18.1 Å². The van der Waals surface area contributed by atoms with Crippen LogP contribution in [0.3, 0.4) is 0 Å². The minimum Gasteiger partial charge on any atom is -0.460 e. The van der Waals surface area contributed by atoms with Crippen LogP contribution in [0.15, 0.2) is 39.6 Å². The summed E-state index contributed by atoms with van der Waals surface area (Å²) in [5.74, 6) is 0. The van der Waals surface area contributed by atoms with Gasteiger partial charge in [0, 0.05) is 10.8 Å². The van der Waals surface area contributed by atoms with E-state index in [2.05, 4.69) is 0 Å². The molecule has 1 unspecified atom stereocenters. The van der Waals surface area contributed by atoms with Gasteiger partial charge in [-0.1, -0.05) is 0 Å². The number of aliphatic hydroxyl groups excluding tert-OH is 1. The van der Waals surface area contributed by atoms with Crippen LogP contribution in [-0.2, 0) is 0 Å². The van der Waals surface area contributed by atoms with Gasteiger partial charge in [0.05, 0.1) is 18.6 Å². The van der Waals surface area contributed by atoms with Crippen LogP contribution >= 0.6 is 0 Å². The van der Waals surface area contributed by atoms with E-state index in [0.29, 0.717) is 24.1 Å². The van der Waals surface area contributed by atoms with Crippen LogP contribution in [0.2, 0.25) is 0 Å². The van der Waals surface area contributed by atoms with E-state index < -0.39 is 6.10 Å². The van der Waals surface area contributed by atoms with Crippen LogP contribution in [0, 0.1) is 0 Å². The topological polar surface area (TPSA) is 72.5 Å². The van der Waals surface area contributed by atoms with Gasteiger partial charge in [-0.05, 0) is 36.7 Å². The first-order valence-corrected chi connectivity index (χ1v) is 5.56. The van der Waals surface area contributed by atoms with Crippen molar-refractivity contribution in [1.82, 2.24) is 0 Å². The number of nitrogens with two attached hydrogens (primary N) is 1. The molecule has 0 radical (unpaired) electrons. The number of furan rings is 2. The molecule has 3 N–H and O–H groups in total. The first-order chi connectivity index (χ1) is 8.31. The third-order valence-electron chi connectivity index (χ3n) is 2.99. The summed E-state index contributed by atoms with van der Waals surface area (Å²) in [5, 5.41) is 11.9. The minimum atomic E-state index is -0.570. The molecule has 1 aromatic carbocycles. The summed E-state index contributed by atoms with van der Waals surface area (Å²) in [6.45, 7) is 0.448. The lowest BCUT2D eigenvalue weighted by Gasteiger charge is -2.10. The fraction of sp³-hybridized carbons (Fsp3) is 0.231. The smallest absolute Gasteiger partial charge is 0.177 e. The number of rotatable bonds is 3. The summed E-state index contributed by atoms with van der Waals surface area (Å²) in [6.07, 6.45) is 3.18. The molecule has 0 saturated heterocycles. The predicted molar refractivity (Wildman–Crippen MR) is 64.6 cm³/mol. The summed E-state index contributed by atoms with van der Waals surface area (Å²) in [6, 6.07) is 5.62. The van der Waals surface area contributed by atoms with Crippen molar-refractivity contribution in [2.45, 2.75) is 12.5 Å². The first-order valence-electron chi connectivity index (χ1n) is 5.56. The lowest BCUT2D eigenvalue weighted by atomic mass is 10.0. The summed E-state index contributed by atoms with van der Waals surface area (Å²) < 4.78 is 10.8. The molecular weight excluding hydrogens is 218 g/mol. The lowest BCUT2D eigenvalue weighted by molar-refractivity contribution is 0.172. The van der Waals surface area contributed by atoms with E-state index in [1.807, 2.05) is 18.2 Å². The highest BCUT2D eigenvalue weighted by atomic mass is 16.4. The third-order valence-corrected chi connectivity index (χ3v) is 2.99.